The van der Waals surface area contributed by atoms with Gasteiger partial charge in [0.15, 0.2) is 0 Å². The number of phenols is 1. The first-order valence-corrected chi connectivity index (χ1v) is 9.39. The molecule has 2 N–H and O–H groups in total. The largest absolute Gasteiger partial charge is 0.507 e. The number of hydrogen-bond acceptors (Lipinski definition) is 3. The molecule has 2 bridgehead atoms. The molecule has 2 aromatic carbocycles. The number of nitrogens with zero attached hydrogens (tertiary/aromatic N) is 1. The highest BCUT2D eigenvalue weighted by atomic mass is 19.1. The number of rotatable bonds is 3. The highest BCUT2D eigenvalue weighted by molar-refractivity contribution is 5.42. The average Bonchev–Trinajstić information content (AvgIpc) is 2.83. The van der Waals surface area contributed by atoms with E-state index in [1.54, 1.807) is 12.1 Å². The molecule has 2 fully saturated rings. The Labute approximate surface area is 154 Å². The fourth-order valence-electron chi connectivity index (χ4n) is 4.94. The first-order valence-electron chi connectivity index (χ1n) is 9.39. The molecular weight excluding hydrogens is 329 g/mol. The molecule has 2 aliphatic heterocycles. The van der Waals surface area contributed by atoms with E-state index in [4.69, 9.17) is 0 Å². The maximum absolute atomic E-state index is 13.2. The lowest BCUT2D eigenvalue weighted by atomic mass is 9.80. The molecule has 26 heavy (non-hydrogen) atoms. The van der Waals surface area contributed by atoms with Gasteiger partial charge in [0, 0.05) is 24.2 Å². The molecule has 0 aliphatic carbocycles. The van der Waals surface area contributed by atoms with E-state index in [1.165, 1.54) is 12.1 Å². The highest BCUT2D eigenvalue weighted by Gasteiger charge is 2.48. The van der Waals surface area contributed by atoms with Crippen molar-refractivity contribution in [3.63, 3.8) is 0 Å². The molecule has 0 saturated carbocycles. The lowest BCUT2D eigenvalue weighted by Crippen LogP contribution is -2.49. The summed E-state index contributed by atoms with van der Waals surface area (Å²) in [7, 11) is 0. The van der Waals surface area contributed by atoms with Crippen molar-refractivity contribution in [2.75, 3.05) is 0 Å². The fraction of sp³-hybridized carbons (Fsp3) is 0.455. The van der Waals surface area contributed by atoms with Crippen LogP contribution in [0.3, 0.4) is 0 Å². The van der Waals surface area contributed by atoms with Crippen LogP contribution in [0.1, 0.15) is 47.9 Å². The molecule has 2 aromatic rings. The van der Waals surface area contributed by atoms with Crippen LogP contribution in [0.15, 0.2) is 36.4 Å². The Bertz CT molecular complexity index is 804. The Hall–Kier alpha value is -1.91. The summed E-state index contributed by atoms with van der Waals surface area (Å²) < 4.78 is 13.2. The van der Waals surface area contributed by atoms with Crippen molar-refractivity contribution < 1.29 is 14.6 Å². The van der Waals surface area contributed by atoms with Crippen LogP contribution in [0.25, 0.3) is 0 Å². The molecule has 138 valence electrons. The van der Waals surface area contributed by atoms with Crippen LogP contribution in [0.2, 0.25) is 0 Å². The monoisotopic (exact) mass is 355 g/mol. The molecular formula is C22H26FNO2. The third-order valence-electron chi connectivity index (χ3n) is 6.18. The van der Waals surface area contributed by atoms with E-state index in [0.717, 1.165) is 35.1 Å². The molecule has 0 spiro atoms. The minimum Gasteiger partial charge on any atom is -0.507 e. The van der Waals surface area contributed by atoms with Gasteiger partial charge in [-0.25, -0.2) is 4.39 Å². The van der Waals surface area contributed by atoms with Crippen LogP contribution in [0.4, 0.5) is 4.39 Å². The Morgan fingerprint density at radius 3 is 2.31 bits per heavy atom. The minimum atomic E-state index is -0.888. The van der Waals surface area contributed by atoms with E-state index in [2.05, 4.69) is 11.0 Å². The van der Waals surface area contributed by atoms with Crippen molar-refractivity contribution in [1.82, 2.24) is 4.90 Å². The van der Waals surface area contributed by atoms with Crippen molar-refractivity contribution in [2.24, 2.45) is 0 Å². The maximum atomic E-state index is 13.2. The predicted octanol–water partition coefficient (Wildman–Crippen LogP) is 4.16. The summed E-state index contributed by atoms with van der Waals surface area (Å²) in [6, 6.07) is 10.9. The smallest absolute Gasteiger partial charge is 0.123 e. The number of phenolic OH excluding ortho intramolecular Hbond substituents is 1. The Morgan fingerprint density at radius 1 is 1.08 bits per heavy atom. The van der Waals surface area contributed by atoms with Gasteiger partial charge in [0.2, 0.25) is 0 Å². The summed E-state index contributed by atoms with van der Waals surface area (Å²) in [5, 5.41) is 21.7. The van der Waals surface area contributed by atoms with Gasteiger partial charge >= 0.3 is 0 Å². The number of fused-ring (bicyclic) bond motifs is 2. The van der Waals surface area contributed by atoms with Crippen molar-refractivity contribution >= 4 is 0 Å². The van der Waals surface area contributed by atoms with Gasteiger partial charge in [-0.15, -0.1) is 0 Å². The molecule has 2 atom stereocenters. The van der Waals surface area contributed by atoms with E-state index >= 15 is 0 Å². The summed E-state index contributed by atoms with van der Waals surface area (Å²) in [4.78, 5) is 2.44. The number of hydrogen-bond donors (Lipinski definition) is 2. The van der Waals surface area contributed by atoms with E-state index in [-0.39, 0.29) is 17.9 Å². The molecule has 2 aliphatic rings. The van der Waals surface area contributed by atoms with Gasteiger partial charge in [0.25, 0.3) is 0 Å². The van der Waals surface area contributed by atoms with Gasteiger partial charge in [-0.2, -0.15) is 0 Å². The molecule has 3 nitrogen and oxygen atoms in total. The molecule has 2 heterocycles. The van der Waals surface area contributed by atoms with Gasteiger partial charge < -0.3 is 10.2 Å². The normalized spacial score (nSPS) is 28.5. The lowest BCUT2D eigenvalue weighted by molar-refractivity contribution is -0.0596. The van der Waals surface area contributed by atoms with Crippen LogP contribution in [0, 0.1) is 19.7 Å². The van der Waals surface area contributed by atoms with Crippen LogP contribution in [-0.4, -0.2) is 27.2 Å². The van der Waals surface area contributed by atoms with Gasteiger partial charge in [-0.1, -0.05) is 29.8 Å². The van der Waals surface area contributed by atoms with E-state index < -0.39 is 5.60 Å². The summed E-state index contributed by atoms with van der Waals surface area (Å²) >= 11 is 0. The van der Waals surface area contributed by atoms with Crippen LogP contribution in [-0.2, 0) is 12.1 Å². The van der Waals surface area contributed by atoms with Crippen LogP contribution in [0.5, 0.6) is 5.75 Å². The number of aryl methyl sites for hydroxylation is 2. The molecule has 0 aromatic heterocycles. The number of halogens is 1. The van der Waals surface area contributed by atoms with Gasteiger partial charge in [-0.05, 0) is 62.8 Å². The standard InChI is InChI=1S/C22H26FNO2/c1-14-9-15(2)21(25)16(10-14)13-24-19-7-8-20(24)12-22(26,11-19)17-3-5-18(23)6-4-17/h3-6,9-10,19-20,25-26H,7-8,11-13H2,1-2H3/t19-,20-/m1/s1. The quantitative estimate of drug-likeness (QED) is 0.869. The summed E-state index contributed by atoms with van der Waals surface area (Å²) in [6.45, 7) is 4.70. The second-order valence-electron chi connectivity index (χ2n) is 8.09. The third-order valence-corrected chi connectivity index (χ3v) is 6.18. The molecule has 4 heteroatoms. The summed E-state index contributed by atoms with van der Waals surface area (Å²) in [5.41, 5.74) is 2.95. The van der Waals surface area contributed by atoms with Crippen LogP contribution >= 0.6 is 0 Å². The Kier molecular flexibility index (Phi) is 4.28. The van der Waals surface area contributed by atoms with E-state index in [1.807, 2.05) is 19.9 Å². The first kappa shape index (κ1) is 17.5. The molecule has 2 saturated heterocycles. The van der Waals surface area contributed by atoms with Crippen LogP contribution < -0.4 is 0 Å². The zero-order chi connectivity index (χ0) is 18.5. The number of aliphatic hydroxyl groups is 1. The number of aromatic hydroxyl groups is 1. The fourth-order valence-corrected chi connectivity index (χ4v) is 4.94. The van der Waals surface area contributed by atoms with E-state index in [0.29, 0.717) is 25.1 Å². The van der Waals surface area contributed by atoms with Crippen molar-refractivity contribution in [2.45, 2.75) is 63.8 Å². The number of benzene rings is 2. The second-order valence-corrected chi connectivity index (χ2v) is 8.09. The zero-order valence-electron chi connectivity index (χ0n) is 15.4. The average molecular weight is 355 g/mol. The second kappa shape index (κ2) is 6.36. The molecule has 0 radical (unpaired) electrons. The molecule has 4 rings (SSSR count). The highest BCUT2D eigenvalue weighted by Crippen LogP contribution is 2.46. The SMILES string of the molecule is Cc1cc(C)c(O)c(CN2[C@@H]3CC[C@@H]2CC(O)(c2ccc(F)cc2)C3)c1. The third kappa shape index (κ3) is 3.01. The maximum Gasteiger partial charge on any atom is 0.123 e. The lowest BCUT2D eigenvalue weighted by Gasteiger charge is -2.44. The Morgan fingerprint density at radius 2 is 1.69 bits per heavy atom. The van der Waals surface area contributed by atoms with Gasteiger partial charge in [0.1, 0.15) is 11.6 Å². The van der Waals surface area contributed by atoms with E-state index in [9.17, 15) is 14.6 Å². The summed E-state index contributed by atoms with van der Waals surface area (Å²) in [6.07, 6.45) is 3.42. The van der Waals surface area contributed by atoms with Crippen molar-refractivity contribution in [3.05, 3.63) is 64.5 Å². The molecule has 0 unspecified atom stereocenters. The van der Waals surface area contributed by atoms with Crippen molar-refractivity contribution in [3.8, 4) is 5.75 Å². The molecule has 0 amide bonds. The number of piperidine rings is 1. The van der Waals surface area contributed by atoms with Gasteiger partial charge in [0.05, 0.1) is 5.60 Å². The summed E-state index contributed by atoms with van der Waals surface area (Å²) in [5.74, 6) is 0.109. The van der Waals surface area contributed by atoms with Crippen molar-refractivity contribution in [1.29, 1.82) is 0 Å². The first-order chi connectivity index (χ1) is 12.4. The Balaban J connectivity index is 1.57. The van der Waals surface area contributed by atoms with Gasteiger partial charge in [-0.3, -0.25) is 4.90 Å². The minimum absolute atomic E-state index is 0.275. The topological polar surface area (TPSA) is 43.7 Å². The predicted molar refractivity (Wildman–Crippen MR) is 99.5 cm³/mol. The zero-order valence-corrected chi connectivity index (χ0v) is 15.4.